The van der Waals surface area contributed by atoms with Crippen molar-refractivity contribution in [3.63, 3.8) is 0 Å². The van der Waals surface area contributed by atoms with Crippen LogP contribution in [0.15, 0.2) is 78.2 Å². The van der Waals surface area contributed by atoms with E-state index < -0.39 is 0 Å². The topological polar surface area (TPSA) is 50.4 Å². The van der Waals surface area contributed by atoms with Gasteiger partial charge in [0.05, 0.1) is 0 Å². The van der Waals surface area contributed by atoms with E-state index in [1.54, 1.807) is 6.20 Å². The van der Waals surface area contributed by atoms with Gasteiger partial charge in [0, 0.05) is 23.6 Å². The van der Waals surface area contributed by atoms with Crippen molar-refractivity contribution in [3.8, 4) is 5.69 Å². The first-order chi connectivity index (χ1) is 9.90. The maximum absolute atomic E-state index is 9.36. The van der Waals surface area contributed by atoms with E-state index in [-0.39, 0.29) is 0 Å². The lowest BCUT2D eigenvalue weighted by Crippen LogP contribution is -2.11. The normalized spacial score (nSPS) is 11.5. The van der Waals surface area contributed by atoms with Crippen molar-refractivity contribution in [3.05, 3.63) is 84.4 Å². The van der Waals surface area contributed by atoms with Crippen molar-refractivity contribution in [2.24, 2.45) is 5.16 Å². The van der Waals surface area contributed by atoms with Gasteiger partial charge < -0.3 is 5.21 Å². The molecular formula is C16H13N3O. The van der Waals surface area contributed by atoms with E-state index in [0.717, 1.165) is 11.3 Å². The second kappa shape index (κ2) is 5.40. The van der Waals surface area contributed by atoms with Gasteiger partial charge in [-0.25, -0.2) is 4.98 Å². The smallest absolute Gasteiger partial charge is 0.167 e. The molecular weight excluding hydrogens is 250 g/mol. The molecule has 2 aromatic carbocycles. The third kappa shape index (κ3) is 2.19. The summed E-state index contributed by atoms with van der Waals surface area (Å²) in [5.74, 6) is 0.602. The summed E-state index contributed by atoms with van der Waals surface area (Å²) in [7, 11) is 0. The fraction of sp³-hybridized carbons (Fsp3) is 0. The lowest BCUT2D eigenvalue weighted by molar-refractivity contribution is 0.319. The molecule has 4 nitrogen and oxygen atoms in total. The Morgan fingerprint density at radius 3 is 2.25 bits per heavy atom. The highest BCUT2D eigenvalue weighted by molar-refractivity contribution is 6.10. The summed E-state index contributed by atoms with van der Waals surface area (Å²) in [5, 5.41) is 12.8. The van der Waals surface area contributed by atoms with Gasteiger partial charge in [-0.05, 0) is 12.1 Å². The van der Waals surface area contributed by atoms with Gasteiger partial charge in [-0.3, -0.25) is 4.57 Å². The van der Waals surface area contributed by atoms with Gasteiger partial charge in [-0.2, -0.15) is 0 Å². The third-order valence-electron chi connectivity index (χ3n) is 3.03. The molecule has 0 aliphatic rings. The maximum atomic E-state index is 9.36. The minimum atomic E-state index is 0.444. The van der Waals surface area contributed by atoms with Crippen molar-refractivity contribution in [2.45, 2.75) is 0 Å². The number of benzene rings is 2. The lowest BCUT2D eigenvalue weighted by Gasteiger charge is -2.09. The zero-order chi connectivity index (χ0) is 13.8. The average molecular weight is 263 g/mol. The summed E-state index contributed by atoms with van der Waals surface area (Å²) < 4.78 is 1.89. The van der Waals surface area contributed by atoms with Gasteiger partial charge in [0.25, 0.3) is 0 Å². The molecule has 0 amide bonds. The summed E-state index contributed by atoms with van der Waals surface area (Å²) in [4.78, 5) is 4.31. The van der Waals surface area contributed by atoms with Crippen LogP contribution < -0.4 is 0 Å². The molecule has 1 N–H and O–H groups in total. The van der Waals surface area contributed by atoms with Crippen molar-refractivity contribution >= 4 is 5.71 Å². The third-order valence-corrected chi connectivity index (χ3v) is 3.03. The Hall–Kier alpha value is -2.88. The predicted molar refractivity (Wildman–Crippen MR) is 77.4 cm³/mol. The molecule has 0 radical (unpaired) electrons. The highest BCUT2D eigenvalue weighted by Crippen LogP contribution is 2.14. The quantitative estimate of drug-likeness (QED) is 0.448. The van der Waals surface area contributed by atoms with Crippen molar-refractivity contribution in [1.82, 2.24) is 9.55 Å². The summed E-state index contributed by atoms with van der Waals surface area (Å²) in [6.07, 6.45) is 3.54. The number of para-hydroxylation sites is 1. The second-order valence-corrected chi connectivity index (χ2v) is 4.27. The number of oxime groups is 1. The molecule has 3 aromatic rings. The van der Waals surface area contributed by atoms with Gasteiger partial charge in [-0.15, -0.1) is 0 Å². The van der Waals surface area contributed by atoms with Crippen LogP contribution >= 0.6 is 0 Å². The zero-order valence-corrected chi connectivity index (χ0v) is 10.7. The SMILES string of the molecule is O/N=C(/c1ccccc1)c1nccn1-c1ccccc1. The number of hydrogen-bond acceptors (Lipinski definition) is 3. The summed E-state index contributed by atoms with van der Waals surface area (Å²) in [6, 6.07) is 19.3. The highest BCUT2D eigenvalue weighted by Gasteiger charge is 2.14. The summed E-state index contributed by atoms with van der Waals surface area (Å²) in [5.41, 5.74) is 2.23. The van der Waals surface area contributed by atoms with E-state index >= 15 is 0 Å². The molecule has 0 spiro atoms. The number of rotatable bonds is 3. The Labute approximate surface area is 116 Å². The first kappa shape index (κ1) is 12.2. The largest absolute Gasteiger partial charge is 0.410 e. The minimum absolute atomic E-state index is 0.444. The summed E-state index contributed by atoms with van der Waals surface area (Å²) in [6.45, 7) is 0. The monoisotopic (exact) mass is 263 g/mol. The Morgan fingerprint density at radius 2 is 1.60 bits per heavy atom. The molecule has 3 rings (SSSR count). The van der Waals surface area contributed by atoms with Gasteiger partial charge in [-0.1, -0.05) is 53.7 Å². The van der Waals surface area contributed by atoms with E-state index in [0.29, 0.717) is 11.5 Å². The number of nitrogens with zero attached hydrogens (tertiary/aromatic N) is 3. The van der Waals surface area contributed by atoms with E-state index in [9.17, 15) is 5.21 Å². The fourth-order valence-electron chi connectivity index (χ4n) is 2.10. The molecule has 1 heterocycles. The van der Waals surface area contributed by atoms with Crippen LogP contribution in [-0.2, 0) is 0 Å². The molecule has 0 saturated carbocycles. The molecule has 1 aromatic heterocycles. The van der Waals surface area contributed by atoms with Gasteiger partial charge >= 0.3 is 0 Å². The molecule has 4 heteroatoms. The van der Waals surface area contributed by atoms with E-state index in [4.69, 9.17) is 0 Å². The van der Waals surface area contributed by atoms with Crippen molar-refractivity contribution in [2.75, 3.05) is 0 Å². The van der Waals surface area contributed by atoms with Crippen LogP contribution in [0.1, 0.15) is 11.4 Å². The van der Waals surface area contributed by atoms with Crippen molar-refractivity contribution in [1.29, 1.82) is 0 Å². The van der Waals surface area contributed by atoms with E-state index in [1.165, 1.54) is 0 Å². The molecule has 0 fully saturated rings. The second-order valence-electron chi connectivity index (χ2n) is 4.27. The van der Waals surface area contributed by atoms with Crippen LogP contribution in [0.3, 0.4) is 0 Å². The van der Waals surface area contributed by atoms with Crippen LogP contribution in [0.2, 0.25) is 0 Å². The Kier molecular flexibility index (Phi) is 3.29. The molecule has 0 bridgehead atoms. The zero-order valence-electron chi connectivity index (χ0n) is 10.7. The first-order valence-electron chi connectivity index (χ1n) is 6.27. The number of aromatic nitrogens is 2. The molecule has 0 aliphatic heterocycles. The molecule has 0 atom stereocenters. The van der Waals surface area contributed by atoms with E-state index in [1.807, 2.05) is 71.4 Å². The Balaban J connectivity index is 2.10. The summed E-state index contributed by atoms with van der Waals surface area (Å²) >= 11 is 0. The molecule has 0 unspecified atom stereocenters. The van der Waals surface area contributed by atoms with Gasteiger partial charge in [0.2, 0.25) is 0 Å². The van der Waals surface area contributed by atoms with Crippen LogP contribution in [0.4, 0.5) is 0 Å². The van der Waals surface area contributed by atoms with Crippen LogP contribution in [0.25, 0.3) is 5.69 Å². The molecule has 0 aliphatic carbocycles. The Bertz CT molecular complexity index is 718. The number of imidazole rings is 1. The maximum Gasteiger partial charge on any atom is 0.167 e. The molecule has 98 valence electrons. The van der Waals surface area contributed by atoms with Gasteiger partial charge in [0.15, 0.2) is 11.5 Å². The highest BCUT2D eigenvalue weighted by atomic mass is 16.4. The predicted octanol–water partition coefficient (Wildman–Crippen LogP) is 3.10. The Morgan fingerprint density at radius 1 is 0.950 bits per heavy atom. The van der Waals surface area contributed by atoms with Crippen LogP contribution in [0, 0.1) is 0 Å². The minimum Gasteiger partial charge on any atom is -0.410 e. The lowest BCUT2D eigenvalue weighted by atomic mass is 10.1. The standard InChI is InChI=1S/C16H13N3O/c20-18-15(13-7-3-1-4-8-13)16-17-11-12-19(16)14-9-5-2-6-10-14/h1-12,20H/b18-15-. The van der Waals surface area contributed by atoms with Gasteiger partial charge in [0.1, 0.15) is 0 Å². The average Bonchev–Trinajstić information content (AvgIpc) is 2.99. The van der Waals surface area contributed by atoms with Crippen LogP contribution in [0.5, 0.6) is 0 Å². The van der Waals surface area contributed by atoms with Crippen LogP contribution in [-0.4, -0.2) is 20.5 Å². The first-order valence-corrected chi connectivity index (χ1v) is 6.27. The molecule has 20 heavy (non-hydrogen) atoms. The fourth-order valence-corrected chi connectivity index (χ4v) is 2.10. The van der Waals surface area contributed by atoms with E-state index in [2.05, 4.69) is 10.1 Å². The molecule has 0 saturated heterocycles. The number of hydrogen-bond donors (Lipinski definition) is 1. The van der Waals surface area contributed by atoms with Crippen molar-refractivity contribution < 1.29 is 5.21 Å².